The van der Waals surface area contributed by atoms with Crippen LogP contribution in [0, 0.1) is 4.77 Å². The average molecular weight is 247 g/mol. The maximum Gasteiger partial charge on any atom is 0.316 e. The molecule has 0 unspecified atom stereocenters. The number of carbonyl (C=O) groups is 1. The number of esters is 1. The number of hydrogen-bond acceptors (Lipinski definition) is 5. The molecule has 0 amide bonds. The Kier molecular flexibility index (Phi) is 4.34. The van der Waals surface area contributed by atoms with E-state index in [4.69, 9.17) is 17.0 Å². The Morgan fingerprint density at radius 1 is 1.60 bits per heavy atom. The summed E-state index contributed by atoms with van der Waals surface area (Å²) in [5.41, 5.74) is 0. The zero-order valence-electron chi connectivity index (χ0n) is 8.89. The first kappa shape index (κ1) is 12.3. The minimum atomic E-state index is -0.237. The summed E-state index contributed by atoms with van der Waals surface area (Å²) >= 11 is 6.40. The summed E-state index contributed by atoms with van der Waals surface area (Å²) < 4.78 is 8.80. The molecule has 0 saturated heterocycles. The molecular weight excluding hydrogens is 234 g/mol. The fourth-order valence-electron chi connectivity index (χ4n) is 0.989. The van der Waals surface area contributed by atoms with Crippen LogP contribution in [0.25, 0.3) is 0 Å². The number of nitrogens with zero attached hydrogens (tertiary/aromatic N) is 3. The van der Waals surface area contributed by atoms with Gasteiger partial charge < -0.3 is 4.74 Å². The van der Waals surface area contributed by atoms with E-state index in [0.717, 1.165) is 5.16 Å². The van der Waals surface area contributed by atoms with E-state index < -0.39 is 0 Å². The second-order valence-corrected chi connectivity index (χ2v) is 4.15. The Morgan fingerprint density at radius 2 is 2.27 bits per heavy atom. The van der Waals surface area contributed by atoms with E-state index in [9.17, 15) is 4.79 Å². The third-order valence-corrected chi connectivity index (χ3v) is 3.24. The van der Waals surface area contributed by atoms with Crippen LogP contribution < -0.4 is 0 Å². The molecule has 0 aromatic carbocycles. The van der Waals surface area contributed by atoms with Crippen molar-refractivity contribution in [2.45, 2.75) is 12.1 Å². The van der Waals surface area contributed by atoms with Crippen LogP contribution in [-0.2, 0) is 23.6 Å². The summed E-state index contributed by atoms with van der Waals surface area (Å²) in [5, 5.41) is 4.89. The summed E-state index contributed by atoms with van der Waals surface area (Å²) in [6.07, 6.45) is 0. The second-order valence-electron chi connectivity index (χ2n) is 2.84. The normalized spacial score (nSPS) is 10.3. The number of ether oxygens (including phenoxy) is 1. The molecule has 0 N–H and O–H groups in total. The van der Waals surface area contributed by atoms with E-state index in [1.807, 2.05) is 7.05 Å². The van der Waals surface area contributed by atoms with Crippen LogP contribution in [0.15, 0.2) is 5.16 Å². The molecule has 7 heteroatoms. The Bertz CT molecular complexity index is 411. The third kappa shape index (κ3) is 3.07. The second kappa shape index (κ2) is 5.32. The topological polar surface area (TPSA) is 49.0 Å². The molecule has 0 radical (unpaired) electrons. The van der Waals surface area contributed by atoms with Gasteiger partial charge in [0.15, 0.2) is 9.93 Å². The van der Waals surface area contributed by atoms with Crippen LogP contribution in [0.1, 0.15) is 6.92 Å². The zero-order valence-corrected chi connectivity index (χ0v) is 10.5. The molecule has 1 heterocycles. The first-order valence-electron chi connectivity index (χ1n) is 4.44. The molecule has 0 saturated carbocycles. The number of thioether (sulfide) groups is 1. The monoisotopic (exact) mass is 247 g/mol. The van der Waals surface area contributed by atoms with E-state index in [1.165, 1.54) is 11.8 Å². The molecule has 0 aliphatic rings. The van der Waals surface area contributed by atoms with Crippen LogP contribution in [0.2, 0.25) is 0 Å². The molecular formula is C8H13N3O2S2. The van der Waals surface area contributed by atoms with Crippen LogP contribution in [-0.4, -0.2) is 32.7 Å². The van der Waals surface area contributed by atoms with Crippen LogP contribution >= 0.6 is 24.0 Å². The van der Waals surface area contributed by atoms with E-state index in [1.54, 1.807) is 23.2 Å². The summed E-state index contributed by atoms with van der Waals surface area (Å²) in [6.45, 7) is 2.19. The number of hydrogen-bond donors (Lipinski definition) is 0. The van der Waals surface area contributed by atoms with Gasteiger partial charge >= 0.3 is 5.97 Å². The molecule has 0 aliphatic carbocycles. The van der Waals surface area contributed by atoms with E-state index in [0.29, 0.717) is 11.4 Å². The van der Waals surface area contributed by atoms with Gasteiger partial charge in [0.1, 0.15) is 0 Å². The molecule has 1 aromatic rings. The molecule has 0 spiro atoms. The molecule has 1 rings (SSSR count). The Labute approximate surface area is 97.4 Å². The highest BCUT2D eigenvalue weighted by Gasteiger charge is 2.09. The van der Waals surface area contributed by atoms with Gasteiger partial charge in [-0.05, 0) is 19.1 Å². The quantitative estimate of drug-likeness (QED) is 0.454. The minimum absolute atomic E-state index is 0.237. The van der Waals surface area contributed by atoms with Crippen molar-refractivity contribution in [3.05, 3.63) is 4.77 Å². The lowest BCUT2D eigenvalue weighted by Crippen LogP contribution is -2.07. The van der Waals surface area contributed by atoms with Crippen molar-refractivity contribution in [3.8, 4) is 0 Å². The lowest BCUT2D eigenvalue weighted by Gasteiger charge is -2.00. The number of aromatic nitrogens is 3. The largest absolute Gasteiger partial charge is 0.465 e. The summed E-state index contributed by atoms with van der Waals surface area (Å²) in [4.78, 5) is 11.1. The SMILES string of the molecule is CCOC(=O)CSc1nn(C)c(=S)n1C. The van der Waals surface area contributed by atoms with Crippen LogP contribution in [0.3, 0.4) is 0 Å². The summed E-state index contributed by atoms with van der Waals surface area (Å²) in [5.74, 6) is 0.0204. The van der Waals surface area contributed by atoms with Crippen molar-refractivity contribution >= 4 is 29.9 Å². The predicted octanol–water partition coefficient (Wildman–Crippen LogP) is 1.14. The molecule has 0 fully saturated rings. The predicted molar refractivity (Wildman–Crippen MR) is 60.4 cm³/mol. The first-order chi connectivity index (χ1) is 7.06. The van der Waals surface area contributed by atoms with Crippen molar-refractivity contribution in [2.75, 3.05) is 12.4 Å². The summed E-state index contributed by atoms with van der Waals surface area (Å²) in [7, 11) is 3.60. The smallest absolute Gasteiger partial charge is 0.316 e. The van der Waals surface area contributed by atoms with Crippen molar-refractivity contribution < 1.29 is 9.53 Å². The molecule has 1 aromatic heterocycles. The third-order valence-electron chi connectivity index (χ3n) is 1.71. The standard InChI is InChI=1S/C8H13N3O2S2/c1-4-13-6(12)5-15-7-9-11(3)8(14)10(7)2/h4-5H2,1-3H3. The fraction of sp³-hybridized carbons (Fsp3) is 0.625. The van der Waals surface area contributed by atoms with Crippen LogP contribution in [0.5, 0.6) is 0 Å². The molecule has 5 nitrogen and oxygen atoms in total. The van der Waals surface area contributed by atoms with Crippen molar-refractivity contribution in [2.24, 2.45) is 14.1 Å². The average Bonchev–Trinajstić information content (AvgIpc) is 2.43. The maximum absolute atomic E-state index is 11.1. The molecule has 0 bridgehead atoms. The first-order valence-corrected chi connectivity index (χ1v) is 5.84. The lowest BCUT2D eigenvalue weighted by atomic mass is 10.8. The van der Waals surface area contributed by atoms with Gasteiger partial charge in [-0.25, -0.2) is 4.68 Å². The van der Waals surface area contributed by atoms with Gasteiger partial charge in [0.05, 0.1) is 12.4 Å². The van der Waals surface area contributed by atoms with Crippen molar-refractivity contribution in [3.63, 3.8) is 0 Å². The van der Waals surface area contributed by atoms with Gasteiger partial charge in [0, 0.05) is 14.1 Å². The van der Waals surface area contributed by atoms with E-state index >= 15 is 0 Å². The number of carbonyl (C=O) groups excluding carboxylic acids is 1. The molecule has 15 heavy (non-hydrogen) atoms. The van der Waals surface area contributed by atoms with Crippen molar-refractivity contribution in [1.82, 2.24) is 14.3 Å². The van der Waals surface area contributed by atoms with Gasteiger partial charge in [-0.2, -0.15) is 0 Å². The van der Waals surface area contributed by atoms with Crippen molar-refractivity contribution in [1.29, 1.82) is 0 Å². The number of rotatable bonds is 4. The highest BCUT2D eigenvalue weighted by atomic mass is 32.2. The van der Waals surface area contributed by atoms with E-state index in [2.05, 4.69) is 5.10 Å². The fourth-order valence-corrected chi connectivity index (χ4v) is 1.96. The Morgan fingerprint density at radius 3 is 2.73 bits per heavy atom. The van der Waals surface area contributed by atoms with Gasteiger partial charge in [-0.3, -0.25) is 9.36 Å². The Balaban J connectivity index is 2.62. The maximum atomic E-state index is 11.1. The zero-order chi connectivity index (χ0) is 11.4. The molecule has 84 valence electrons. The number of aryl methyl sites for hydroxylation is 1. The van der Waals surface area contributed by atoms with Gasteiger partial charge in [0.2, 0.25) is 0 Å². The van der Waals surface area contributed by atoms with Crippen LogP contribution in [0.4, 0.5) is 0 Å². The lowest BCUT2D eigenvalue weighted by molar-refractivity contribution is -0.139. The molecule has 0 atom stereocenters. The molecule has 0 aliphatic heterocycles. The van der Waals surface area contributed by atoms with E-state index in [-0.39, 0.29) is 11.7 Å². The highest BCUT2D eigenvalue weighted by Crippen LogP contribution is 2.15. The minimum Gasteiger partial charge on any atom is -0.465 e. The van der Waals surface area contributed by atoms with Gasteiger partial charge in [-0.15, -0.1) is 5.10 Å². The highest BCUT2D eigenvalue weighted by molar-refractivity contribution is 7.99. The van der Waals surface area contributed by atoms with Gasteiger partial charge in [-0.1, -0.05) is 11.8 Å². The Hall–Kier alpha value is -0.820. The van der Waals surface area contributed by atoms with Gasteiger partial charge in [0.25, 0.3) is 0 Å². The summed E-state index contributed by atoms with van der Waals surface area (Å²) in [6, 6.07) is 0.